The quantitative estimate of drug-likeness (QED) is 0.902. The van der Waals surface area contributed by atoms with Gasteiger partial charge in [-0.3, -0.25) is 4.79 Å². The van der Waals surface area contributed by atoms with Gasteiger partial charge in [-0.15, -0.1) is 0 Å². The van der Waals surface area contributed by atoms with Crippen LogP contribution < -0.4 is 11.1 Å². The number of carbonyl (C=O) groups excluding carboxylic acids is 1. The van der Waals surface area contributed by atoms with Crippen molar-refractivity contribution < 1.29 is 9.18 Å². The highest BCUT2D eigenvalue weighted by Gasteiger charge is 2.42. The first-order valence-corrected chi connectivity index (χ1v) is 6.33. The Bertz CT molecular complexity index is 441. The third kappa shape index (κ3) is 2.35. The summed E-state index contributed by atoms with van der Waals surface area (Å²) in [4.78, 5) is 12.0. The summed E-state index contributed by atoms with van der Waals surface area (Å²) in [6.45, 7) is 0.362. The lowest BCUT2D eigenvalue weighted by molar-refractivity contribution is -0.129. The fraction of sp³-hybridized carbons (Fsp3) is 0.417. The molecule has 1 saturated carbocycles. The molecule has 0 aromatic heterocycles. The monoisotopic (exact) mass is 300 g/mol. The Morgan fingerprint density at radius 3 is 2.71 bits per heavy atom. The smallest absolute Gasteiger partial charge is 0.231 e. The van der Waals surface area contributed by atoms with Crippen LogP contribution in [0.5, 0.6) is 0 Å². The van der Waals surface area contributed by atoms with Crippen LogP contribution in [0.3, 0.4) is 0 Å². The zero-order valence-corrected chi connectivity index (χ0v) is 10.9. The van der Waals surface area contributed by atoms with Crippen molar-refractivity contribution in [2.24, 2.45) is 11.1 Å². The van der Waals surface area contributed by atoms with Gasteiger partial charge in [-0.25, -0.2) is 4.39 Å². The second-order valence-corrected chi connectivity index (χ2v) is 5.28. The first kappa shape index (κ1) is 12.5. The predicted octanol–water partition coefficient (Wildman–Crippen LogP) is 2.66. The van der Waals surface area contributed by atoms with Gasteiger partial charge in [-0.1, -0.05) is 6.42 Å². The fourth-order valence-electron chi connectivity index (χ4n) is 1.96. The maximum Gasteiger partial charge on any atom is 0.231 e. The lowest BCUT2D eigenvalue weighted by Crippen LogP contribution is -2.47. The van der Waals surface area contributed by atoms with Crippen molar-refractivity contribution in [1.82, 2.24) is 0 Å². The van der Waals surface area contributed by atoms with E-state index in [0.29, 0.717) is 16.7 Å². The number of hydrogen-bond acceptors (Lipinski definition) is 2. The van der Waals surface area contributed by atoms with Gasteiger partial charge in [-0.05, 0) is 47.0 Å². The van der Waals surface area contributed by atoms with Crippen LogP contribution in [0, 0.1) is 11.2 Å². The number of nitrogens with two attached hydrogens (primary N) is 1. The van der Waals surface area contributed by atoms with Crippen molar-refractivity contribution in [1.29, 1.82) is 0 Å². The molecule has 3 nitrogen and oxygen atoms in total. The maximum absolute atomic E-state index is 13.0. The Morgan fingerprint density at radius 1 is 1.53 bits per heavy atom. The molecule has 0 unspecified atom stereocenters. The van der Waals surface area contributed by atoms with Gasteiger partial charge in [-0.2, -0.15) is 0 Å². The summed E-state index contributed by atoms with van der Waals surface area (Å²) in [5.74, 6) is -0.412. The highest BCUT2D eigenvalue weighted by atomic mass is 79.9. The summed E-state index contributed by atoms with van der Waals surface area (Å²) in [5.41, 5.74) is 5.82. The van der Waals surface area contributed by atoms with E-state index in [9.17, 15) is 9.18 Å². The third-order valence-corrected chi connectivity index (χ3v) is 3.97. The molecular weight excluding hydrogens is 287 g/mol. The van der Waals surface area contributed by atoms with Crippen molar-refractivity contribution >= 4 is 27.5 Å². The minimum Gasteiger partial charge on any atom is -0.329 e. The van der Waals surface area contributed by atoms with E-state index in [4.69, 9.17) is 5.73 Å². The molecular formula is C12H14BrFN2O. The second kappa shape index (κ2) is 4.74. The largest absolute Gasteiger partial charge is 0.329 e. The zero-order valence-electron chi connectivity index (χ0n) is 9.30. The molecule has 1 aromatic rings. The third-order valence-electron chi connectivity index (χ3n) is 3.36. The maximum atomic E-state index is 13.0. The van der Waals surface area contributed by atoms with Crippen LogP contribution in [0.15, 0.2) is 22.7 Å². The van der Waals surface area contributed by atoms with Crippen LogP contribution in [0.4, 0.5) is 10.1 Å². The van der Waals surface area contributed by atoms with Gasteiger partial charge >= 0.3 is 0 Å². The van der Waals surface area contributed by atoms with Gasteiger partial charge in [0.25, 0.3) is 0 Å². The summed E-state index contributed by atoms with van der Waals surface area (Å²) in [6, 6.07) is 4.41. The Balaban J connectivity index is 2.10. The molecule has 1 aliphatic rings. The molecule has 0 heterocycles. The average Bonchev–Trinajstić information content (AvgIpc) is 2.23. The Hall–Kier alpha value is -0.940. The summed E-state index contributed by atoms with van der Waals surface area (Å²) < 4.78 is 13.4. The van der Waals surface area contributed by atoms with Gasteiger partial charge in [0, 0.05) is 12.2 Å². The first-order chi connectivity index (χ1) is 8.07. The van der Waals surface area contributed by atoms with Crippen molar-refractivity contribution in [2.45, 2.75) is 19.3 Å². The molecule has 1 aromatic carbocycles. The van der Waals surface area contributed by atoms with Crippen molar-refractivity contribution in [3.05, 3.63) is 28.5 Å². The molecule has 0 saturated heterocycles. The lowest BCUT2D eigenvalue weighted by atomic mass is 9.68. The Morgan fingerprint density at radius 2 is 2.24 bits per heavy atom. The van der Waals surface area contributed by atoms with Crippen LogP contribution in [-0.2, 0) is 4.79 Å². The van der Waals surface area contributed by atoms with Crippen LogP contribution in [0.25, 0.3) is 0 Å². The lowest BCUT2D eigenvalue weighted by Gasteiger charge is -2.39. The number of hydrogen-bond donors (Lipinski definition) is 2. The highest BCUT2D eigenvalue weighted by Crippen LogP contribution is 2.40. The molecule has 17 heavy (non-hydrogen) atoms. The number of benzene rings is 1. The number of carbonyl (C=O) groups is 1. The van der Waals surface area contributed by atoms with Gasteiger partial charge in [0.1, 0.15) is 5.82 Å². The summed E-state index contributed by atoms with van der Waals surface area (Å²) in [5, 5.41) is 2.79. The van der Waals surface area contributed by atoms with E-state index in [-0.39, 0.29) is 11.7 Å². The molecule has 0 aliphatic heterocycles. The highest BCUT2D eigenvalue weighted by molar-refractivity contribution is 9.10. The number of amides is 1. The van der Waals surface area contributed by atoms with E-state index in [2.05, 4.69) is 21.2 Å². The topological polar surface area (TPSA) is 55.1 Å². The van der Waals surface area contributed by atoms with Crippen LogP contribution in [0.1, 0.15) is 19.3 Å². The molecule has 0 bridgehead atoms. The SMILES string of the molecule is NCC1(C(=O)Nc2ccc(F)c(Br)c2)CCC1. The number of nitrogens with one attached hydrogen (secondary N) is 1. The predicted molar refractivity (Wildman–Crippen MR) is 68.1 cm³/mol. The second-order valence-electron chi connectivity index (χ2n) is 4.42. The van der Waals surface area contributed by atoms with E-state index in [1.54, 1.807) is 12.1 Å². The summed E-state index contributed by atoms with van der Waals surface area (Å²) in [7, 11) is 0. The Labute approximate surface area is 108 Å². The molecule has 5 heteroatoms. The Kier molecular flexibility index (Phi) is 3.49. The van der Waals surface area contributed by atoms with Crippen molar-refractivity contribution in [3.63, 3.8) is 0 Å². The zero-order chi connectivity index (χ0) is 12.5. The molecule has 1 fully saturated rings. The van der Waals surface area contributed by atoms with Gasteiger partial charge in [0.05, 0.1) is 9.89 Å². The first-order valence-electron chi connectivity index (χ1n) is 5.54. The van der Waals surface area contributed by atoms with Crippen LogP contribution in [0.2, 0.25) is 0 Å². The van der Waals surface area contributed by atoms with Gasteiger partial charge < -0.3 is 11.1 Å². The van der Waals surface area contributed by atoms with Gasteiger partial charge in [0.2, 0.25) is 5.91 Å². The normalized spacial score (nSPS) is 17.4. The number of rotatable bonds is 3. The molecule has 2 rings (SSSR count). The minimum atomic E-state index is -0.416. The molecule has 92 valence electrons. The van der Waals surface area contributed by atoms with Crippen LogP contribution in [-0.4, -0.2) is 12.5 Å². The van der Waals surface area contributed by atoms with E-state index in [0.717, 1.165) is 19.3 Å². The molecule has 0 spiro atoms. The minimum absolute atomic E-state index is 0.0650. The van der Waals surface area contributed by atoms with E-state index < -0.39 is 5.41 Å². The van der Waals surface area contributed by atoms with Crippen LogP contribution >= 0.6 is 15.9 Å². The molecule has 0 atom stereocenters. The fourth-order valence-corrected chi connectivity index (χ4v) is 2.34. The van der Waals surface area contributed by atoms with E-state index in [1.165, 1.54) is 6.07 Å². The molecule has 1 aliphatic carbocycles. The molecule has 3 N–H and O–H groups in total. The number of halogens is 2. The number of anilines is 1. The van der Waals surface area contributed by atoms with Crippen molar-refractivity contribution in [2.75, 3.05) is 11.9 Å². The van der Waals surface area contributed by atoms with Crippen molar-refractivity contribution in [3.8, 4) is 0 Å². The standard InChI is InChI=1S/C12H14BrFN2O/c13-9-6-8(2-3-10(9)14)16-11(17)12(7-15)4-1-5-12/h2-3,6H,1,4-5,7,15H2,(H,16,17). The summed E-state index contributed by atoms with van der Waals surface area (Å²) >= 11 is 3.08. The summed E-state index contributed by atoms with van der Waals surface area (Å²) in [6.07, 6.45) is 2.70. The van der Waals surface area contributed by atoms with E-state index >= 15 is 0 Å². The average molecular weight is 301 g/mol. The molecule has 0 radical (unpaired) electrons. The molecule has 1 amide bonds. The van der Waals surface area contributed by atoms with Gasteiger partial charge in [0.15, 0.2) is 0 Å². The van der Waals surface area contributed by atoms with E-state index in [1.807, 2.05) is 0 Å².